The number of pyridine rings is 1. The first-order chi connectivity index (χ1) is 44.0. The van der Waals surface area contributed by atoms with E-state index in [1.807, 2.05) is 77.9 Å². The first-order valence-electron chi connectivity index (χ1n) is 35.7. The van der Waals surface area contributed by atoms with E-state index >= 15 is 0 Å². The Hall–Kier alpha value is -7.24. The molecule has 0 bridgehead atoms. The average Bonchev–Trinajstić information content (AvgIpc) is 1.50. The molecule has 1 aliphatic rings. The molecule has 0 unspecified atom stereocenters. The van der Waals surface area contributed by atoms with Crippen LogP contribution < -0.4 is 9.30 Å². The minimum Gasteiger partial charge on any atom is -0.458 e. The maximum absolute atomic E-state index is 10.3. The maximum Gasteiger partial charge on any atom is 0.269 e. The van der Waals surface area contributed by atoms with E-state index in [0.717, 1.165) is 28.1 Å². The van der Waals surface area contributed by atoms with Gasteiger partial charge < -0.3 is 4.74 Å². The molecule has 0 saturated carbocycles. The summed E-state index contributed by atoms with van der Waals surface area (Å²) in [6.45, 7) is -10.5. The highest BCUT2D eigenvalue weighted by atomic mass is 16.5. The monoisotopic (exact) mass is 956 g/mol. The fourth-order valence-electron chi connectivity index (χ4n) is 9.35. The SMILES string of the molecule is [2H]c1c([2H])c2c(c([2H])c1-c1cccc(-c3cc(C(C)(C)C)cc(C(C)(C)C)c3)c1-[n+]1[c-]n(-c3cccc(Oc4ccc5c6ccccc6n(-c6cc(C([2H])([2H])[2H])c(C([2H])([2H])[2H])cn6)c5c4)c3)c3ccccc31)C(C([2H])([2H])[2H])(C([2H])([2H])[2H])C([2H])([2H])C([2H])([2H])C2(C([2H])([2H])[2H])C([2H])([2H])[2H]. The molecule has 1 aliphatic carbocycles. The molecule has 0 fully saturated rings. The molecule has 3 heterocycles. The zero-order valence-electron chi connectivity index (χ0n) is 65.0. The number of ether oxygens (including phenoxy) is 1. The zero-order chi connectivity index (χ0) is 71.0. The standard InChI is InChI=1S/C66H66N4O/c1-42-33-61(67-40-43(42)2)70-57-24-14-13-21-53(57)54-29-28-50(39-60(54)70)71-49-20-17-19-48(38-49)68-41-69(59-26-16-15-25-58(59)68)62-51(44-27-30-55-56(36-44)66(11,12)32-31-65(55,9)10)22-18-23-52(62)45-34-46(63(3,4)5)37-47(35-45)64(6,7)8/h13-30,33-40H,31-32H2,1-12H3/i1D3,2D3,9D3,10D3,11D3,12D3,27D,30D,31D2,32D2,36D. The molecule has 7 aromatic carbocycles. The first kappa shape index (κ1) is 25.7. The summed E-state index contributed by atoms with van der Waals surface area (Å²) in [6, 6.07) is 34.4. The number of para-hydroxylation sites is 4. The molecule has 0 saturated heterocycles. The Morgan fingerprint density at radius 2 is 1.30 bits per heavy atom. The lowest BCUT2D eigenvalue weighted by Gasteiger charge is -2.42. The van der Waals surface area contributed by atoms with Crippen LogP contribution in [0.5, 0.6) is 11.5 Å². The van der Waals surface area contributed by atoms with E-state index in [2.05, 4.69) is 17.4 Å². The van der Waals surface area contributed by atoms with Gasteiger partial charge in [-0.25, -0.2) is 4.98 Å². The molecular weight excluding hydrogens is 865 g/mol. The highest BCUT2D eigenvalue weighted by Crippen LogP contribution is 2.48. The molecule has 3 aromatic heterocycles. The van der Waals surface area contributed by atoms with Gasteiger partial charge in [0.25, 0.3) is 6.33 Å². The van der Waals surface area contributed by atoms with Crippen molar-refractivity contribution in [3.63, 3.8) is 0 Å². The van der Waals surface area contributed by atoms with Gasteiger partial charge >= 0.3 is 0 Å². The number of imidazole rings is 1. The largest absolute Gasteiger partial charge is 0.458 e. The fourth-order valence-corrected chi connectivity index (χ4v) is 9.35. The van der Waals surface area contributed by atoms with Crippen LogP contribution in [0.15, 0.2) is 158 Å². The van der Waals surface area contributed by atoms with Gasteiger partial charge in [0, 0.05) is 53.2 Å². The van der Waals surface area contributed by atoms with E-state index in [1.165, 1.54) is 18.2 Å². The van der Waals surface area contributed by atoms with Crippen LogP contribution in [-0.2, 0) is 21.7 Å². The highest BCUT2D eigenvalue weighted by Gasteiger charge is 2.37. The Morgan fingerprint density at radius 3 is 2.03 bits per heavy atom. The lowest BCUT2D eigenvalue weighted by Crippen LogP contribution is -2.34. The lowest BCUT2D eigenvalue weighted by atomic mass is 9.63. The first-order valence-corrected chi connectivity index (χ1v) is 23.2. The van der Waals surface area contributed by atoms with E-state index in [4.69, 9.17) is 29.4 Å². The molecule has 5 nitrogen and oxygen atoms in total. The zero-order valence-corrected chi connectivity index (χ0v) is 40.0. The summed E-state index contributed by atoms with van der Waals surface area (Å²) >= 11 is 0. The number of rotatable bonds is 7. The molecule has 0 spiro atoms. The van der Waals surface area contributed by atoms with Crippen molar-refractivity contribution >= 4 is 32.8 Å². The second-order valence-corrected chi connectivity index (χ2v) is 20.2. The number of nitrogens with zero attached hydrogens (tertiary/aromatic N) is 4. The highest BCUT2D eigenvalue weighted by molar-refractivity contribution is 6.09. The van der Waals surface area contributed by atoms with Gasteiger partial charge in [-0.05, 0) is 146 Å². The topological polar surface area (TPSA) is 35.9 Å². The number of hydrogen-bond acceptors (Lipinski definition) is 2. The van der Waals surface area contributed by atoms with Crippen molar-refractivity contribution in [1.82, 2.24) is 14.1 Å². The van der Waals surface area contributed by atoms with Crippen molar-refractivity contribution in [2.45, 2.75) is 117 Å². The summed E-state index contributed by atoms with van der Waals surface area (Å²) in [5.74, 6) is 0.754. The van der Waals surface area contributed by atoms with Crippen LogP contribution in [0, 0.1) is 20.0 Å². The fraction of sp³-hybridized carbons (Fsp3) is 0.273. The number of aromatic nitrogens is 4. The molecule has 11 rings (SSSR count). The summed E-state index contributed by atoms with van der Waals surface area (Å²) < 4.78 is 236. The predicted molar refractivity (Wildman–Crippen MR) is 295 cm³/mol. The summed E-state index contributed by atoms with van der Waals surface area (Å²) in [5.41, 5.74) is -9.38. The summed E-state index contributed by atoms with van der Waals surface area (Å²) in [6.07, 6.45) is -4.54. The third-order valence-corrected chi connectivity index (χ3v) is 13.1. The summed E-state index contributed by atoms with van der Waals surface area (Å²) in [5, 5.41) is 1.52. The van der Waals surface area contributed by atoms with Crippen molar-refractivity contribution in [3.05, 3.63) is 197 Å². The van der Waals surface area contributed by atoms with Gasteiger partial charge in [0.2, 0.25) is 0 Å². The van der Waals surface area contributed by atoms with Crippen LogP contribution in [0.4, 0.5) is 0 Å². The quantitative estimate of drug-likeness (QED) is 0.118. The number of hydrogen-bond donors (Lipinski definition) is 0. The second-order valence-electron chi connectivity index (χ2n) is 20.2. The van der Waals surface area contributed by atoms with Crippen LogP contribution in [0.1, 0.15) is 149 Å². The second kappa shape index (κ2) is 16.7. The summed E-state index contributed by atoms with van der Waals surface area (Å²) in [4.78, 5) is 4.50. The number of aryl methyl sites for hydroxylation is 2. The normalized spacial score (nSPS) is 22.3. The molecule has 0 radical (unpaired) electrons. The molecule has 0 aliphatic heterocycles. The van der Waals surface area contributed by atoms with Crippen molar-refractivity contribution < 1.29 is 43.6 Å². The van der Waals surface area contributed by atoms with E-state index in [9.17, 15) is 9.60 Å². The van der Waals surface area contributed by atoms with Crippen LogP contribution >= 0.6 is 0 Å². The van der Waals surface area contributed by atoms with E-state index in [0.29, 0.717) is 50.4 Å². The molecular formula is C66H66N4O. The lowest BCUT2D eigenvalue weighted by molar-refractivity contribution is -0.571. The van der Waals surface area contributed by atoms with Crippen LogP contribution in [0.3, 0.4) is 0 Å². The van der Waals surface area contributed by atoms with Crippen LogP contribution in [0.2, 0.25) is 0 Å². The number of benzene rings is 7. The average molecular weight is 956 g/mol. The van der Waals surface area contributed by atoms with Crippen LogP contribution in [0.25, 0.3) is 72.3 Å². The smallest absolute Gasteiger partial charge is 0.269 e. The third kappa shape index (κ3) is 8.14. The van der Waals surface area contributed by atoms with Gasteiger partial charge in [-0.1, -0.05) is 172 Å². The molecule has 5 heteroatoms. The molecule has 0 atom stereocenters. The molecule has 356 valence electrons. The number of fused-ring (bicyclic) bond motifs is 5. The van der Waals surface area contributed by atoms with Gasteiger partial charge in [-0.3, -0.25) is 13.7 Å². The van der Waals surface area contributed by atoms with Crippen molar-refractivity contribution in [2.24, 2.45) is 0 Å². The van der Waals surface area contributed by atoms with Gasteiger partial charge in [0.05, 0.1) is 37.6 Å². The van der Waals surface area contributed by atoms with Crippen molar-refractivity contribution in [3.8, 4) is 50.9 Å². The molecule has 10 aromatic rings. The molecule has 71 heavy (non-hydrogen) atoms. The van der Waals surface area contributed by atoms with Crippen molar-refractivity contribution in [2.75, 3.05) is 0 Å². The van der Waals surface area contributed by atoms with Gasteiger partial charge in [-0.2, -0.15) is 0 Å². The van der Waals surface area contributed by atoms with Gasteiger partial charge in [-0.15, -0.1) is 0 Å². The van der Waals surface area contributed by atoms with E-state index < -0.39 is 116 Å². The van der Waals surface area contributed by atoms with Crippen molar-refractivity contribution in [1.29, 1.82) is 0 Å². The van der Waals surface area contributed by atoms with Gasteiger partial charge in [0.1, 0.15) is 17.3 Å². The Balaban J connectivity index is 1.19. The van der Waals surface area contributed by atoms with Crippen LogP contribution in [-0.4, -0.2) is 14.1 Å². The Bertz CT molecular complexity index is 4730. The molecule has 0 N–H and O–H groups in total. The Labute approximate surface area is 455 Å². The Kier molecular flexibility index (Phi) is 6.05. The predicted octanol–water partition coefficient (Wildman–Crippen LogP) is 16.9. The third-order valence-electron chi connectivity index (χ3n) is 13.1. The molecule has 0 amide bonds. The maximum atomic E-state index is 10.3. The minimum absolute atomic E-state index is 0.0600. The van der Waals surface area contributed by atoms with Gasteiger partial charge in [0.15, 0.2) is 0 Å². The Morgan fingerprint density at radius 1 is 0.634 bits per heavy atom. The van der Waals surface area contributed by atoms with E-state index in [1.54, 1.807) is 86.5 Å². The minimum atomic E-state index is -4.54. The summed E-state index contributed by atoms with van der Waals surface area (Å²) in [7, 11) is 0. The van der Waals surface area contributed by atoms with E-state index in [-0.39, 0.29) is 22.6 Å².